The van der Waals surface area contributed by atoms with Crippen LogP contribution in [0, 0.1) is 10.1 Å². The Bertz CT molecular complexity index is 836. The number of nitro groups is 1. The lowest BCUT2D eigenvalue weighted by Crippen LogP contribution is -2.23. The number of amides is 1. The molecule has 0 bridgehead atoms. The third-order valence-electron chi connectivity index (χ3n) is 4.44. The van der Waals surface area contributed by atoms with Crippen LogP contribution in [0.1, 0.15) is 38.6 Å². The quantitative estimate of drug-likeness (QED) is 0.433. The largest absolute Gasteiger partial charge is 0.495 e. The monoisotopic (exact) mass is 392 g/mol. The van der Waals surface area contributed by atoms with Crippen molar-refractivity contribution in [1.82, 2.24) is 20.2 Å². The number of nitro benzene ring substituents is 1. The zero-order valence-corrected chi connectivity index (χ0v) is 15.8. The van der Waals surface area contributed by atoms with E-state index in [2.05, 4.69) is 20.8 Å². The van der Waals surface area contributed by atoms with Crippen molar-refractivity contribution >= 4 is 29.0 Å². The van der Waals surface area contributed by atoms with Crippen molar-refractivity contribution in [1.29, 1.82) is 0 Å². The number of ether oxygens (including phenoxy) is 1. The van der Waals surface area contributed by atoms with Gasteiger partial charge in [0.25, 0.3) is 5.69 Å². The lowest BCUT2D eigenvalue weighted by atomic mass is 10.2. The average molecular weight is 392 g/mol. The topological polar surface area (TPSA) is 125 Å². The lowest BCUT2D eigenvalue weighted by molar-refractivity contribution is -0.384. The maximum Gasteiger partial charge on any atom is 0.271 e. The molecule has 27 heavy (non-hydrogen) atoms. The number of benzene rings is 1. The number of non-ortho nitro benzene ring substituents is 1. The maximum atomic E-state index is 12.6. The number of carbonyl (C=O) groups is 1. The second kappa shape index (κ2) is 8.33. The van der Waals surface area contributed by atoms with Crippen LogP contribution in [0.3, 0.4) is 0 Å². The van der Waals surface area contributed by atoms with Gasteiger partial charge in [-0.25, -0.2) is 4.68 Å². The normalized spacial score (nSPS) is 15.5. The maximum absolute atomic E-state index is 12.6. The fourth-order valence-electron chi connectivity index (χ4n) is 2.99. The van der Waals surface area contributed by atoms with E-state index in [4.69, 9.17) is 4.74 Å². The fourth-order valence-corrected chi connectivity index (χ4v) is 3.85. The van der Waals surface area contributed by atoms with E-state index < -0.39 is 10.2 Å². The van der Waals surface area contributed by atoms with Crippen molar-refractivity contribution in [2.75, 3.05) is 12.4 Å². The van der Waals surface area contributed by atoms with Gasteiger partial charge in [0.15, 0.2) is 0 Å². The molecule has 0 aliphatic heterocycles. The van der Waals surface area contributed by atoms with E-state index in [0.717, 1.165) is 25.7 Å². The molecule has 1 atom stereocenters. The fraction of sp³-hybridized carbons (Fsp3) is 0.500. The molecule has 1 fully saturated rings. The van der Waals surface area contributed by atoms with Crippen molar-refractivity contribution < 1.29 is 14.5 Å². The molecule has 1 aromatic carbocycles. The van der Waals surface area contributed by atoms with E-state index in [1.807, 2.05) is 0 Å². The number of anilines is 1. The highest BCUT2D eigenvalue weighted by Gasteiger charge is 2.25. The smallest absolute Gasteiger partial charge is 0.271 e. The van der Waals surface area contributed by atoms with Crippen LogP contribution in [0.5, 0.6) is 5.75 Å². The second-order valence-corrected chi connectivity index (χ2v) is 7.54. The molecule has 1 aliphatic carbocycles. The Hall–Kier alpha value is -2.69. The van der Waals surface area contributed by atoms with Crippen LogP contribution < -0.4 is 10.1 Å². The molecule has 1 aromatic heterocycles. The molecule has 1 heterocycles. The number of methoxy groups -OCH3 is 1. The Morgan fingerprint density at radius 2 is 2.19 bits per heavy atom. The number of nitrogens with zero attached hydrogens (tertiary/aromatic N) is 5. The zero-order chi connectivity index (χ0) is 19.4. The van der Waals surface area contributed by atoms with Gasteiger partial charge < -0.3 is 10.1 Å². The Balaban J connectivity index is 1.71. The molecule has 1 amide bonds. The number of rotatable bonds is 7. The predicted molar refractivity (Wildman–Crippen MR) is 98.9 cm³/mol. The molecule has 0 saturated heterocycles. The average Bonchev–Trinajstić information content (AvgIpc) is 3.32. The van der Waals surface area contributed by atoms with Crippen LogP contribution in [0.4, 0.5) is 11.4 Å². The number of thioether (sulfide) groups is 1. The molecule has 3 rings (SSSR count). The van der Waals surface area contributed by atoms with E-state index in [1.165, 1.54) is 37.1 Å². The summed E-state index contributed by atoms with van der Waals surface area (Å²) in [4.78, 5) is 23.0. The van der Waals surface area contributed by atoms with Gasteiger partial charge in [0.2, 0.25) is 11.1 Å². The van der Waals surface area contributed by atoms with Crippen molar-refractivity contribution in [3.8, 4) is 5.75 Å². The highest BCUT2D eigenvalue weighted by atomic mass is 32.2. The molecule has 0 spiro atoms. The van der Waals surface area contributed by atoms with E-state index >= 15 is 0 Å². The van der Waals surface area contributed by atoms with E-state index in [0.29, 0.717) is 10.9 Å². The van der Waals surface area contributed by atoms with Gasteiger partial charge in [0, 0.05) is 12.1 Å². The minimum Gasteiger partial charge on any atom is -0.495 e. The summed E-state index contributed by atoms with van der Waals surface area (Å²) >= 11 is 1.26. The number of carbonyl (C=O) groups excluding carboxylic acids is 1. The first-order chi connectivity index (χ1) is 13.0. The summed E-state index contributed by atoms with van der Waals surface area (Å²) in [5, 5.41) is 25.6. The molecule has 2 aromatic rings. The van der Waals surface area contributed by atoms with Crippen molar-refractivity contribution in [2.45, 2.75) is 49.1 Å². The van der Waals surface area contributed by atoms with Crippen LogP contribution in [0.15, 0.2) is 23.4 Å². The summed E-state index contributed by atoms with van der Waals surface area (Å²) in [7, 11) is 1.44. The van der Waals surface area contributed by atoms with Crippen LogP contribution in [-0.2, 0) is 4.79 Å². The molecule has 10 nitrogen and oxygen atoms in total. The first kappa shape index (κ1) is 19.1. The molecule has 144 valence electrons. The van der Waals surface area contributed by atoms with Gasteiger partial charge in [0.05, 0.1) is 29.0 Å². The molecule has 0 radical (unpaired) electrons. The molecular weight excluding hydrogens is 372 g/mol. The standard InChI is InChI=1S/C16H20N6O4S/c1-10(27-16-18-19-20-21(16)11-5-3-4-6-11)15(23)17-13-9-12(22(24)25)7-8-14(13)26-2/h7-11H,3-6H2,1-2H3,(H,17,23)/t10-/m1/s1. The van der Waals surface area contributed by atoms with Crippen LogP contribution in [0.25, 0.3) is 0 Å². The third-order valence-corrected chi connectivity index (χ3v) is 5.48. The number of hydrogen-bond acceptors (Lipinski definition) is 8. The molecule has 1 saturated carbocycles. The lowest BCUT2D eigenvalue weighted by Gasteiger charge is -2.15. The van der Waals surface area contributed by atoms with Crippen molar-refractivity contribution in [3.63, 3.8) is 0 Å². The number of nitrogens with one attached hydrogen (secondary N) is 1. The summed E-state index contributed by atoms with van der Waals surface area (Å²) in [5.41, 5.74) is 0.121. The molecule has 0 unspecified atom stereocenters. The zero-order valence-electron chi connectivity index (χ0n) is 15.0. The molecule has 1 aliphatic rings. The van der Waals surface area contributed by atoms with Gasteiger partial charge in [-0.1, -0.05) is 24.6 Å². The first-order valence-electron chi connectivity index (χ1n) is 8.57. The molecule has 1 N–H and O–H groups in total. The highest BCUT2D eigenvalue weighted by Crippen LogP contribution is 2.33. The van der Waals surface area contributed by atoms with Gasteiger partial charge >= 0.3 is 0 Å². The van der Waals surface area contributed by atoms with Gasteiger partial charge in [-0.2, -0.15) is 0 Å². The highest BCUT2D eigenvalue weighted by molar-refractivity contribution is 8.00. The van der Waals surface area contributed by atoms with E-state index in [9.17, 15) is 14.9 Å². The van der Waals surface area contributed by atoms with Gasteiger partial charge in [0.1, 0.15) is 5.75 Å². The summed E-state index contributed by atoms with van der Waals surface area (Å²) in [6.45, 7) is 1.73. The third kappa shape index (κ3) is 4.35. The minimum atomic E-state index is -0.525. The summed E-state index contributed by atoms with van der Waals surface area (Å²) in [6, 6.07) is 4.32. The van der Waals surface area contributed by atoms with Crippen molar-refractivity contribution in [2.24, 2.45) is 0 Å². The number of aromatic nitrogens is 4. The summed E-state index contributed by atoms with van der Waals surface area (Å²) in [5.74, 6) is 0.0294. The molecule has 11 heteroatoms. The van der Waals surface area contributed by atoms with Crippen LogP contribution >= 0.6 is 11.8 Å². The Morgan fingerprint density at radius 1 is 1.44 bits per heavy atom. The van der Waals surface area contributed by atoms with Gasteiger partial charge in [-0.3, -0.25) is 14.9 Å². The van der Waals surface area contributed by atoms with Gasteiger partial charge in [-0.15, -0.1) is 5.10 Å². The predicted octanol–water partition coefficient (Wildman–Crippen LogP) is 2.82. The van der Waals surface area contributed by atoms with Crippen LogP contribution in [-0.4, -0.2) is 43.4 Å². The number of tetrazole rings is 1. The van der Waals surface area contributed by atoms with Gasteiger partial charge in [-0.05, 0) is 36.3 Å². The van der Waals surface area contributed by atoms with E-state index in [1.54, 1.807) is 11.6 Å². The second-order valence-electron chi connectivity index (χ2n) is 6.24. The minimum absolute atomic E-state index is 0.128. The van der Waals surface area contributed by atoms with Crippen LogP contribution in [0.2, 0.25) is 0 Å². The Morgan fingerprint density at radius 3 is 2.85 bits per heavy atom. The number of hydrogen-bond donors (Lipinski definition) is 1. The Labute approximate surface area is 159 Å². The summed E-state index contributed by atoms with van der Waals surface area (Å²) < 4.78 is 6.96. The Kier molecular flexibility index (Phi) is 5.89. The first-order valence-corrected chi connectivity index (χ1v) is 9.45. The summed E-state index contributed by atoms with van der Waals surface area (Å²) in [6.07, 6.45) is 4.36. The molecular formula is C16H20N6O4S. The SMILES string of the molecule is COc1ccc([N+](=O)[O-])cc1NC(=O)[C@@H](C)Sc1nnnn1C1CCCC1. The van der Waals surface area contributed by atoms with E-state index in [-0.39, 0.29) is 23.3 Å². The van der Waals surface area contributed by atoms with Crippen molar-refractivity contribution in [3.05, 3.63) is 28.3 Å².